The number of ether oxygens (including phenoxy) is 4. The quantitative estimate of drug-likeness (QED) is 0.455. The monoisotopic (exact) mass is 390 g/mol. The normalized spacial score (nSPS) is 28.9. The number of carbonyl (C=O) groups is 2. The van der Waals surface area contributed by atoms with Gasteiger partial charge >= 0.3 is 37.7 Å². The summed E-state index contributed by atoms with van der Waals surface area (Å²) in [7, 11) is 0. The molecule has 0 aliphatic carbocycles. The molecule has 0 spiro atoms. The van der Waals surface area contributed by atoms with Gasteiger partial charge in [-0.05, 0) is 27.7 Å². The first-order valence-electron chi connectivity index (χ1n) is 7.26. The molecule has 2 fully saturated rings. The SMILES string of the molecule is CC1(C)OCC([C@H](O)C(=O)[O-])O1.CC1(C)OCC([C@H](O)C(=O)[O-])O1.[Ca+2]. The van der Waals surface area contributed by atoms with E-state index in [1.54, 1.807) is 27.7 Å². The second-order valence-electron chi connectivity index (χ2n) is 6.26. The molecule has 10 nitrogen and oxygen atoms in total. The van der Waals surface area contributed by atoms with E-state index >= 15 is 0 Å². The Bertz CT molecular complexity index is 425. The van der Waals surface area contributed by atoms with Gasteiger partial charge in [0.1, 0.15) is 24.4 Å². The van der Waals surface area contributed by atoms with Gasteiger partial charge in [-0.2, -0.15) is 0 Å². The maximum absolute atomic E-state index is 10.2. The molecule has 0 amide bonds. The van der Waals surface area contributed by atoms with Crippen LogP contribution in [0, 0.1) is 0 Å². The molecule has 0 aromatic heterocycles. The van der Waals surface area contributed by atoms with Crippen molar-refractivity contribution in [2.24, 2.45) is 0 Å². The Morgan fingerprint density at radius 3 is 1.32 bits per heavy atom. The molecule has 2 N–H and O–H groups in total. The number of aliphatic hydroxyl groups is 2. The van der Waals surface area contributed by atoms with Crippen molar-refractivity contribution in [1.29, 1.82) is 0 Å². The van der Waals surface area contributed by atoms with E-state index in [1.807, 2.05) is 0 Å². The number of aliphatic carboxylic acids is 2. The van der Waals surface area contributed by atoms with Crippen LogP contribution in [0.2, 0.25) is 0 Å². The minimum atomic E-state index is -1.62. The van der Waals surface area contributed by atoms with E-state index in [0.29, 0.717) is 0 Å². The molecule has 2 rings (SSSR count). The van der Waals surface area contributed by atoms with Crippen molar-refractivity contribution in [2.75, 3.05) is 13.2 Å². The van der Waals surface area contributed by atoms with E-state index in [4.69, 9.17) is 29.2 Å². The summed E-state index contributed by atoms with van der Waals surface area (Å²) >= 11 is 0. The summed E-state index contributed by atoms with van der Waals surface area (Å²) in [6, 6.07) is 0. The number of aliphatic hydroxyl groups excluding tert-OH is 2. The van der Waals surface area contributed by atoms with Crippen LogP contribution in [0.15, 0.2) is 0 Å². The number of hydrogen-bond donors (Lipinski definition) is 2. The van der Waals surface area contributed by atoms with Crippen molar-refractivity contribution in [3.8, 4) is 0 Å². The Labute approximate surface area is 175 Å². The van der Waals surface area contributed by atoms with Crippen molar-refractivity contribution in [3.05, 3.63) is 0 Å². The molecule has 0 radical (unpaired) electrons. The molecule has 0 bridgehead atoms. The average molecular weight is 390 g/mol. The zero-order chi connectivity index (χ0) is 18.7. The summed E-state index contributed by atoms with van der Waals surface area (Å²) in [5.74, 6) is -4.72. The molecule has 2 aliphatic heterocycles. The Hall–Kier alpha value is -0.0403. The first-order valence-corrected chi connectivity index (χ1v) is 7.26. The smallest absolute Gasteiger partial charge is 0.547 e. The van der Waals surface area contributed by atoms with Crippen LogP contribution >= 0.6 is 0 Å². The molecule has 4 atom stereocenters. The number of carboxylic acid groups (broad SMARTS) is 2. The predicted molar refractivity (Wildman–Crippen MR) is 77.6 cm³/mol. The maximum atomic E-state index is 10.2. The molecule has 2 unspecified atom stereocenters. The number of carbonyl (C=O) groups excluding carboxylic acids is 2. The summed E-state index contributed by atoms with van der Waals surface area (Å²) in [4.78, 5) is 20.4. The maximum Gasteiger partial charge on any atom is 2.00 e. The van der Waals surface area contributed by atoms with Gasteiger partial charge in [0.05, 0.1) is 25.2 Å². The number of rotatable bonds is 4. The fourth-order valence-electron chi connectivity index (χ4n) is 2.05. The van der Waals surface area contributed by atoms with Gasteiger partial charge in [-0.25, -0.2) is 0 Å². The van der Waals surface area contributed by atoms with Crippen LogP contribution in [0.1, 0.15) is 27.7 Å². The van der Waals surface area contributed by atoms with Gasteiger partial charge in [-0.3, -0.25) is 0 Å². The fourth-order valence-corrected chi connectivity index (χ4v) is 2.05. The molecule has 140 valence electrons. The molecule has 2 aliphatic rings. The van der Waals surface area contributed by atoms with Crippen LogP contribution in [0.4, 0.5) is 0 Å². The van der Waals surface area contributed by atoms with Gasteiger partial charge in [0, 0.05) is 0 Å². The summed E-state index contributed by atoms with van der Waals surface area (Å²) in [5, 5.41) is 38.4. The molecular weight excluding hydrogens is 368 g/mol. The third-order valence-electron chi connectivity index (χ3n) is 3.25. The number of hydrogen-bond acceptors (Lipinski definition) is 10. The van der Waals surface area contributed by atoms with E-state index < -0.39 is 47.9 Å². The second-order valence-corrected chi connectivity index (χ2v) is 6.26. The van der Waals surface area contributed by atoms with Gasteiger partial charge in [-0.1, -0.05) is 0 Å². The van der Waals surface area contributed by atoms with Crippen LogP contribution in [-0.4, -0.2) is 109 Å². The van der Waals surface area contributed by atoms with Crippen molar-refractivity contribution in [3.63, 3.8) is 0 Å². The average Bonchev–Trinajstić information content (AvgIpc) is 2.99. The first-order chi connectivity index (χ1) is 10.8. The fraction of sp³-hybridized carbons (Fsp3) is 0.857. The van der Waals surface area contributed by atoms with Gasteiger partial charge in [0.2, 0.25) is 0 Å². The standard InChI is InChI=1S/2C7H12O5.Ca/c2*1-7(2)11-3-4(12-7)5(8)6(9)10;/h2*4-5,8H,3H2,1-2H3,(H,9,10);/q;;+2/p-2/t2*4?,5-;/m00./s1. The number of carboxylic acids is 2. The van der Waals surface area contributed by atoms with E-state index in [0.717, 1.165) is 0 Å². The third kappa shape index (κ3) is 8.02. The molecule has 2 saturated heterocycles. The van der Waals surface area contributed by atoms with Crippen LogP contribution < -0.4 is 10.2 Å². The zero-order valence-corrected chi connectivity index (χ0v) is 16.8. The molecule has 11 heteroatoms. The molecule has 25 heavy (non-hydrogen) atoms. The summed E-state index contributed by atoms with van der Waals surface area (Å²) in [6.45, 7) is 6.73. The minimum Gasteiger partial charge on any atom is -0.547 e. The van der Waals surface area contributed by atoms with Crippen LogP contribution in [0.5, 0.6) is 0 Å². The van der Waals surface area contributed by atoms with E-state index in [-0.39, 0.29) is 51.0 Å². The van der Waals surface area contributed by atoms with Crippen molar-refractivity contribution in [2.45, 2.75) is 63.7 Å². The van der Waals surface area contributed by atoms with Gasteiger partial charge in [0.15, 0.2) is 11.6 Å². The van der Waals surface area contributed by atoms with Crippen LogP contribution in [-0.2, 0) is 28.5 Å². The van der Waals surface area contributed by atoms with Crippen molar-refractivity contribution >= 4 is 49.7 Å². The van der Waals surface area contributed by atoms with Crippen molar-refractivity contribution in [1.82, 2.24) is 0 Å². The molecule has 0 aromatic rings. The predicted octanol–water partition coefficient (Wildman–Crippen LogP) is -3.88. The largest absolute Gasteiger partial charge is 2.00 e. The van der Waals surface area contributed by atoms with Gasteiger partial charge < -0.3 is 49.0 Å². The summed E-state index contributed by atoms with van der Waals surface area (Å²) in [6.07, 6.45) is -4.89. The first kappa shape index (κ1) is 25.0. The van der Waals surface area contributed by atoms with E-state index in [9.17, 15) is 19.8 Å². The minimum absolute atomic E-state index is 0. The topological polar surface area (TPSA) is 158 Å². The van der Waals surface area contributed by atoms with Gasteiger partial charge in [0.25, 0.3) is 0 Å². The van der Waals surface area contributed by atoms with Crippen LogP contribution in [0.25, 0.3) is 0 Å². The summed E-state index contributed by atoms with van der Waals surface area (Å²) < 4.78 is 20.3. The van der Waals surface area contributed by atoms with E-state index in [2.05, 4.69) is 0 Å². The molecule has 2 heterocycles. The zero-order valence-electron chi connectivity index (χ0n) is 14.6. The second kappa shape index (κ2) is 9.77. The Morgan fingerprint density at radius 1 is 0.880 bits per heavy atom. The Kier molecular flexibility index (Phi) is 9.75. The molecular formula is C14H22CaO10. The Balaban J connectivity index is 0.000000443. The molecule has 0 aromatic carbocycles. The molecule has 0 saturated carbocycles. The van der Waals surface area contributed by atoms with E-state index in [1.165, 1.54) is 0 Å². The summed E-state index contributed by atoms with van der Waals surface area (Å²) in [5.41, 5.74) is 0. The van der Waals surface area contributed by atoms with Crippen molar-refractivity contribution < 1.29 is 49.0 Å². The van der Waals surface area contributed by atoms with Gasteiger partial charge in [-0.15, -0.1) is 0 Å². The Morgan fingerprint density at radius 2 is 1.16 bits per heavy atom. The van der Waals surface area contributed by atoms with Crippen LogP contribution in [0.3, 0.4) is 0 Å². The third-order valence-corrected chi connectivity index (χ3v) is 3.25.